The Morgan fingerprint density at radius 2 is 1.96 bits per heavy atom. The quantitative estimate of drug-likeness (QED) is 0.875. The number of fused-ring (bicyclic) bond motifs is 1. The van der Waals surface area contributed by atoms with Gasteiger partial charge in [0.1, 0.15) is 11.8 Å². The summed E-state index contributed by atoms with van der Waals surface area (Å²) in [6.45, 7) is 4.34. The summed E-state index contributed by atoms with van der Waals surface area (Å²) in [5, 5.41) is 5.80. The zero-order chi connectivity index (χ0) is 17.8. The molecule has 2 aromatic rings. The van der Waals surface area contributed by atoms with Gasteiger partial charge in [-0.05, 0) is 24.1 Å². The summed E-state index contributed by atoms with van der Waals surface area (Å²) in [5.74, 6) is 0.312. The maximum absolute atomic E-state index is 12.8. The molecule has 1 aliphatic rings. The number of ether oxygens (including phenoxy) is 1. The van der Waals surface area contributed by atoms with Crippen molar-refractivity contribution in [2.24, 2.45) is 5.92 Å². The molecule has 0 aliphatic carbocycles. The van der Waals surface area contributed by atoms with E-state index in [1.54, 1.807) is 12.1 Å². The lowest BCUT2D eigenvalue weighted by molar-refractivity contribution is -0.124. The van der Waals surface area contributed by atoms with Gasteiger partial charge in [-0.25, -0.2) is 0 Å². The number of amides is 2. The highest BCUT2D eigenvalue weighted by atomic mass is 16.5. The molecule has 0 radical (unpaired) electrons. The van der Waals surface area contributed by atoms with E-state index in [2.05, 4.69) is 10.6 Å². The van der Waals surface area contributed by atoms with Gasteiger partial charge in [0.05, 0.1) is 18.9 Å². The number of furan rings is 1. The Morgan fingerprint density at radius 1 is 1.16 bits per heavy atom. The minimum absolute atomic E-state index is 0.0611. The van der Waals surface area contributed by atoms with Gasteiger partial charge in [-0.1, -0.05) is 32.0 Å². The number of hydrogen-bond acceptors (Lipinski definition) is 4. The Balaban J connectivity index is 1.71. The minimum Gasteiger partial charge on any atom is -0.493 e. The monoisotopic (exact) mass is 342 g/mol. The predicted octanol–water partition coefficient (Wildman–Crippen LogP) is 2.67. The van der Waals surface area contributed by atoms with Crippen molar-refractivity contribution in [3.63, 3.8) is 0 Å². The molecule has 6 heteroatoms. The van der Waals surface area contributed by atoms with Gasteiger partial charge in [0.25, 0.3) is 5.91 Å². The molecule has 1 aromatic carbocycles. The first-order chi connectivity index (χ1) is 12.1. The molecular formula is C19H22N2O4. The summed E-state index contributed by atoms with van der Waals surface area (Å²) >= 11 is 0. The van der Waals surface area contributed by atoms with Crippen LogP contribution in [0.4, 0.5) is 0 Å². The van der Waals surface area contributed by atoms with Crippen LogP contribution in [0.3, 0.4) is 0 Å². The van der Waals surface area contributed by atoms with Crippen molar-refractivity contribution in [3.8, 4) is 5.75 Å². The normalized spacial score (nSPS) is 17.3. The molecule has 0 bridgehead atoms. The molecule has 0 saturated heterocycles. The van der Waals surface area contributed by atoms with E-state index < -0.39 is 11.9 Å². The van der Waals surface area contributed by atoms with Gasteiger partial charge in [0.15, 0.2) is 5.76 Å². The number of rotatable bonds is 5. The summed E-state index contributed by atoms with van der Waals surface area (Å²) in [4.78, 5) is 25.0. The highest BCUT2D eigenvalue weighted by Gasteiger charge is 2.29. The van der Waals surface area contributed by atoms with Crippen molar-refractivity contribution in [2.45, 2.75) is 32.4 Å². The molecule has 3 rings (SSSR count). The molecule has 25 heavy (non-hydrogen) atoms. The van der Waals surface area contributed by atoms with Gasteiger partial charge in [0, 0.05) is 12.0 Å². The fourth-order valence-electron chi connectivity index (χ4n) is 2.91. The molecule has 0 spiro atoms. The molecule has 1 aliphatic heterocycles. The highest BCUT2D eigenvalue weighted by Crippen LogP contribution is 2.31. The average molecular weight is 342 g/mol. The highest BCUT2D eigenvalue weighted by molar-refractivity contribution is 5.95. The van der Waals surface area contributed by atoms with Crippen molar-refractivity contribution in [3.05, 3.63) is 54.0 Å². The summed E-state index contributed by atoms with van der Waals surface area (Å²) in [5.41, 5.74) is 0.960. The third-order valence-electron chi connectivity index (χ3n) is 4.26. The van der Waals surface area contributed by atoms with Crippen LogP contribution >= 0.6 is 0 Å². The van der Waals surface area contributed by atoms with Crippen LogP contribution in [-0.2, 0) is 4.79 Å². The third kappa shape index (κ3) is 3.84. The fourth-order valence-corrected chi connectivity index (χ4v) is 2.91. The summed E-state index contributed by atoms with van der Waals surface area (Å²) < 4.78 is 10.7. The molecule has 0 fully saturated rings. The molecule has 2 N–H and O–H groups in total. The van der Waals surface area contributed by atoms with Crippen molar-refractivity contribution < 1.29 is 18.7 Å². The second kappa shape index (κ2) is 7.42. The van der Waals surface area contributed by atoms with Crippen molar-refractivity contribution in [1.29, 1.82) is 0 Å². The molecule has 6 nitrogen and oxygen atoms in total. The standard InChI is InChI=1S/C19H22N2O4/c1-12(2)17(21-18(22)16-8-5-10-24-16)19(23)20-14-9-11-25-15-7-4-3-6-13(14)15/h3-8,10,12,14,17H,9,11H2,1-2H3,(H,20,23)(H,21,22)/t14-,17-/m0/s1. The van der Waals surface area contributed by atoms with Crippen molar-refractivity contribution in [1.82, 2.24) is 10.6 Å². The Kier molecular flexibility index (Phi) is 5.07. The summed E-state index contributed by atoms with van der Waals surface area (Å²) in [7, 11) is 0. The van der Waals surface area contributed by atoms with Gasteiger partial charge in [-0.3, -0.25) is 9.59 Å². The molecule has 2 atom stereocenters. The van der Waals surface area contributed by atoms with E-state index in [0.717, 1.165) is 11.3 Å². The van der Waals surface area contributed by atoms with Crippen LogP contribution in [0, 0.1) is 5.92 Å². The van der Waals surface area contributed by atoms with Gasteiger partial charge in [0.2, 0.25) is 5.91 Å². The maximum atomic E-state index is 12.8. The molecule has 2 amide bonds. The van der Waals surface area contributed by atoms with Crippen molar-refractivity contribution in [2.75, 3.05) is 6.61 Å². The zero-order valence-corrected chi connectivity index (χ0v) is 14.3. The molecule has 1 aromatic heterocycles. The van der Waals surface area contributed by atoms with E-state index in [0.29, 0.717) is 13.0 Å². The second-order valence-corrected chi connectivity index (χ2v) is 6.41. The molecule has 2 heterocycles. The van der Waals surface area contributed by atoms with Gasteiger partial charge in [-0.15, -0.1) is 0 Å². The van der Waals surface area contributed by atoms with Gasteiger partial charge >= 0.3 is 0 Å². The number of carbonyl (C=O) groups is 2. The smallest absolute Gasteiger partial charge is 0.287 e. The first-order valence-electron chi connectivity index (χ1n) is 8.42. The SMILES string of the molecule is CC(C)[C@H](NC(=O)c1ccco1)C(=O)N[C@H]1CCOc2ccccc21. The molecule has 0 unspecified atom stereocenters. The van der Waals surface area contributed by atoms with Gasteiger partial charge < -0.3 is 19.8 Å². The van der Waals surface area contributed by atoms with E-state index in [1.807, 2.05) is 38.1 Å². The van der Waals surface area contributed by atoms with Crippen LogP contribution in [-0.4, -0.2) is 24.5 Å². The van der Waals surface area contributed by atoms with Crippen LogP contribution < -0.4 is 15.4 Å². The Hall–Kier alpha value is -2.76. The first-order valence-corrected chi connectivity index (χ1v) is 8.42. The summed E-state index contributed by atoms with van der Waals surface area (Å²) in [6.07, 6.45) is 2.12. The molecule has 0 saturated carbocycles. The van der Waals surface area contributed by atoms with Crippen molar-refractivity contribution >= 4 is 11.8 Å². The average Bonchev–Trinajstić information content (AvgIpc) is 3.14. The Labute approximate surface area is 146 Å². The van der Waals surface area contributed by atoms with Gasteiger partial charge in [-0.2, -0.15) is 0 Å². The lowest BCUT2D eigenvalue weighted by atomic mass is 9.98. The lowest BCUT2D eigenvalue weighted by Crippen LogP contribution is -2.50. The van der Waals surface area contributed by atoms with E-state index in [1.165, 1.54) is 6.26 Å². The van der Waals surface area contributed by atoms with E-state index >= 15 is 0 Å². The van der Waals surface area contributed by atoms with E-state index in [-0.39, 0.29) is 23.6 Å². The van der Waals surface area contributed by atoms with E-state index in [9.17, 15) is 9.59 Å². The van der Waals surface area contributed by atoms with Crippen LogP contribution in [0.25, 0.3) is 0 Å². The minimum atomic E-state index is -0.646. The van der Waals surface area contributed by atoms with Crippen LogP contribution in [0.5, 0.6) is 5.75 Å². The van der Waals surface area contributed by atoms with Crippen LogP contribution in [0.1, 0.15) is 42.4 Å². The van der Waals surface area contributed by atoms with Crippen LogP contribution in [0.2, 0.25) is 0 Å². The van der Waals surface area contributed by atoms with E-state index in [4.69, 9.17) is 9.15 Å². The number of para-hydroxylation sites is 1. The predicted molar refractivity (Wildman–Crippen MR) is 92.2 cm³/mol. The largest absolute Gasteiger partial charge is 0.493 e. The Morgan fingerprint density at radius 3 is 2.68 bits per heavy atom. The Bertz CT molecular complexity index is 740. The third-order valence-corrected chi connectivity index (χ3v) is 4.26. The number of benzene rings is 1. The first kappa shape index (κ1) is 17.1. The van der Waals surface area contributed by atoms with Crippen LogP contribution in [0.15, 0.2) is 47.1 Å². The second-order valence-electron chi connectivity index (χ2n) is 6.41. The topological polar surface area (TPSA) is 80.6 Å². The fraction of sp³-hybridized carbons (Fsp3) is 0.368. The number of hydrogen-bond donors (Lipinski definition) is 2. The molecular weight excluding hydrogens is 320 g/mol. The summed E-state index contributed by atoms with van der Waals surface area (Å²) in [6, 6.07) is 10.1. The number of nitrogens with one attached hydrogen (secondary N) is 2. The zero-order valence-electron chi connectivity index (χ0n) is 14.3. The number of carbonyl (C=O) groups excluding carboxylic acids is 2. The lowest BCUT2D eigenvalue weighted by Gasteiger charge is -2.29. The maximum Gasteiger partial charge on any atom is 0.287 e. The molecule has 132 valence electrons.